The molecule has 22 heavy (non-hydrogen) atoms. The van der Waals surface area contributed by atoms with Gasteiger partial charge in [-0.1, -0.05) is 70.5 Å². The highest BCUT2D eigenvalue weighted by atomic mass is 79.9. The van der Waals surface area contributed by atoms with Crippen molar-refractivity contribution in [3.8, 4) is 0 Å². The van der Waals surface area contributed by atoms with Crippen LogP contribution in [-0.4, -0.2) is 12.6 Å². The number of rotatable bonds is 5. The normalized spacial score (nSPS) is 10.6. The number of hydrogen-bond acceptors (Lipinski definition) is 2. The second kappa shape index (κ2) is 8.39. The number of halogens is 1. The van der Waals surface area contributed by atoms with Crippen LogP contribution in [0.2, 0.25) is 0 Å². The Kier molecular flexibility index (Phi) is 6.22. The molecule has 3 nitrogen and oxygen atoms in total. The maximum Gasteiger partial charge on any atom is 0.407 e. The lowest BCUT2D eigenvalue weighted by Crippen LogP contribution is -2.24. The zero-order valence-corrected chi connectivity index (χ0v) is 14.0. The van der Waals surface area contributed by atoms with E-state index < -0.39 is 6.09 Å². The minimum absolute atomic E-state index is 0.278. The van der Waals surface area contributed by atoms with E-state index in [1.165, 1.54) is 5.56 Å². The molecule has 0 aliphatic rings. The average molecular weight is 360 g/mol. The summed E-state index contributed by atoms with van der Waals surface area (Å²) in [6.07, 6.45) is 3.43. The minimum atomic E-state index is -0.420. The van der Waals surface area contributed by atoms with Crippen LogP contribution in [0.1, 0.15) is 16.7 Å². The van der Waals surface area contributed by atoms with Gasteiger partial charge in [0.05, 0.1) is 0 Å². The van der Waals surface area contributed by atoms with E-state index in [1.54, 1.807) is 0 Å². The molecule has 0 radical (unpaired) electrons. The van der Waals surface area contributed by atoms with E-state index in [2.05, 4.69) is 27.3 Å². The molecule has 2 rings (SSSR count). The fourth-order valence-corrected chi connectivity index (χ4v) is 2.50. The van der Waals surface area contributed by atoms with Crippen LogP contribution in [0.5, 0.6) is 0 Å². The number of benzene rings is 2. The second-order valence-corrected chi connectivity index (χ2v) is 5.72. The molecule has 0 heterocycles. The molecule has 0 fully saturated rings. The Morgan fingerprint density at radius 2 is 2.00 bits per heavy atom. The number of carbonyl (C=O) groups excluding carboxylic acids is 1. The standard InChI is InChI=1S/C18H18BrNO2/c1-14-9-10-16(17(19)12-14)8-5-11-20-18(21)22-13-15-6-3-2-4-7-15/h2-10,12H,11,13H2,1H3,(H,20,21). The van der Waals surface area contributed by atoms with E-state index in [4.69, 9.17) is 4.74 Å². The van der Waals surface area contributed by atoms with E-state index in [-0.39, 0.29) is 6.61 Å². The number of ether oxygens (including phenoxy) is 1. The summed E-state index contributed by atoms with van der Waals surface area (Å²) < 4.78 is 6.16. The van der Waals surface area contributed by atoms with Crippen LogP contribution in [0.4, 0.5) is 4.79 Å². The van der Waals surface area contributed by atoms with Crippen molar-refractivity contribution in [2.24, 2.45) is 0 Å². The Bertz CT molecular complexity index is 653. The van der Waals surface area contributed by atoms with Gasteiger partial charge in [-0.3, -0.25) is 0 Å². The topological polar surface area (TPSA) is 38.3 Å². The van der Waals surface area contributed by atoms with Gasteiger partial charge >= 0.3 is 6.09 Å². The number of carbonyl (C=O) groups is 1. The van der Waals surface area contributed by atoms with Crippen molar-refractivity contribution >= 4 is 28.1 Å². The van der Waals surface area contributed by atoms with Crippen LogP contribution in [0.3, 0.4) is 0 Å². The van der Waals surface area contributed by atoms with E-state index in [0.29, 0.717) is 6.54 Å². The summed E-state index contributed by atoms with van der Waals surface area (Å²) in [6.45, 7) is 2.75. The molecule has 1 amide bonds. The number of hydrogen-bond donors (Lipinski definition) is 1. The highest BCUT2D eigenvalue weighted by molar-refractivity contribution is 9.10. The molecule has 0 atom stereocenters. The Hall–Kier alpha value is -2.07. The van der Waals surface area contributed by atoms with Gasteiger partial charge in [-0.15, -0.1) is 0 Å². The molecule has 0 aromatic heterocycles. The third kappa shape index (κ3) is 5.37. The van der Waals surface area contributed by atoms with Crippen LogP contribution in [0.15, 0.2) is 59.1 Å². The van der Waals surface area contributed by atoms with Gasteiger partial charge in [0.25, 0.3) is 0 Å². The zero-order valence-electron chi connectivity index (χ0n) is 12.4. The van der Waals surface area contributed by atoms with Crippen LogP contribution >= 0.6 is 15.9 Å². The molecule has 1 N–H and O–H groups in total. The van der Waals surface area contributed by atoms with Gasteiger partial charge in [-0.05, 0) is 29.7 Å². The summed E-state index contributed by atoms with van der Waals surface area (Å²) in [4.78, 5) is 11.6. The summed E-state index contributed by atoms with van der Waals surface area (Å²) >= 11 is 3.52. The fraction of sp³-hybridized carbons (Fsp3) is 0.167. The van der Waals surface area contributed by atoms with Gasteiger partial charge in [0.15, 0.2) is 0 Å². The molecule has 4 heteroatoms. The second-order valence-electron chi connectivity index (χ2n) is 4.87. The Morgan fingerprint density at radius 1 is 1.23 bits per heavy atom. The lowest BCUT2D eigenvalue weighted by molar-refractivity contribution is 0.141. The van der Waals surface area contributed by atoms with Crippen molar-refractivity contribution in [1.29, 1.82) is 0 Å². The molecule has 0 aliphatic carbocycles. The van der Waals surface area contributed by atoms with Crippen LogP contribution in [0, 0.1) is 6.92 Å². The quantitative estimate of drug-likeness (QED) is 0.840. The number of alkyl carbamates (subject to hydrolysis) is 1. The first-order valence-electron chi connectivity index (χ1n) is 7.02. The zero-order chi connectivity index (χ0) is 15.8. The lowest BCUT2D eigenvalue weighted by Gasteiger charge is -2.05. The maximum absolute atomic E-state index is 11.6. The summed E-state index contributed by atoms with van der Waals surface area (Å²) in [5.41, 5.74) is 3.24. The van der Waals surface area contributed by atoms with Crippen LogP contribution in [-0.2, 0) is 11.3 Å². The van der Waals surface area contributed by atoms with Crippen LogP contribution in [0.25, 0.3) is 6.08 Å². The summed E-state index contributed by atoms with van der Waals surface area (Å²) in [5, 5.41) is 2.69. The fourth-order valence-electron chi connectivity index (χ4n) is 1.87. The number of amides is 1. The molecular weight excluding hydrogens is 342 g/mol. The molecule has 0 unspecified atom stereocenters. The molecule has 0 saturated heterocycles. The van der Waals surface area contributed by atoms with Crippen molar-refractivity contribution in [1.82, 2.24) is 5.32 Å². The molecule has 2 aromatic carbocycles. The van der Waals surface area contributed by atoms with E-state index in [0.717, 1.165) is 15.6 Å². The summed E-state index contributed by atoms with van der Waals surface area (Å²) in [6, 6.07) is 15.7. The van der Waals surface area contributed by atoms with Gasteiger partial charge in [0.1, 0.15) is 6.61 Å². The first-order valence-corrected chi connectivity index (χ1v) is 7.81. The Balaban J connectivity index is 1.73. The maximum atomic E-state index is 11.6. The average Bonchev–Trinajstić information content (AvgIpc) is 2.52. The third-order valence-corrected chi connectivity index (χ3v) is 3.72. The Labute approximate surface area is 139 Å². The third-order valence-electron chi connectivity index (χ3n) is 3.03. The van der Waals surface area contributed by atoms with Gasteiger partial charge in [-0.25, -0.2) is 4.79 Å². The molecule has 0 spiro atoms. The van der Waals surface area contributed by atoms with Gasteiger partial charge in [-0.2, -0.15) is 0 Å². The highest BCUT2D eigenvalue weighted by Gasteiger charge is 2.00. The van der Waals surface area contributed by atoms with E-state index in [9.17, 15) is 4.79 Å². The minimum Gasteiger partial charge on any atom is -0.445 e. The van der Waals surface area contributed by atoms with Crippen LogP contribution < -0.4 is 5.32 Å². The molecule has 0 bridgehead atoms. The molecule has 114 valence electrons. The van der Waals surface area contributed by atoms with E-state index in [1.807, 2.05) is 61.5 Å². The van der Waals surface area contributed by atoms with Gasteiger partial charge in [0.2, 0.25) is 0 Å². The van der Waals surface area contributed by atoms with Crippen molar-refractivity contribution in [2.75, 3.05) is 6.54 Å². The van der Waals surface area contributed by atoms with Gasteiger partial charge in [0, 0.05) is 11.0 Å². The summed E-state index contributed by atoms with van der Waals surface area (Å²) in [5.74, 6) is 0. The predicted octanol–water partition coefficient (Wildman–Crippen LogP) is 4.70. The van der Waals surface area contributed by atoms with Crippen molar-refractivity contribution in [3.63, 3.8) is 0 Å². The lowest BCUT2D eigenvalue weighted by atomic mass is 10.1. The first-order chi connectivity index (χ1) is 10.6. The van der Waals surface area contributed by atoms with Crippen molar-refractivity contribution < 1.29 is 9.53 Å². The van der Waals surface area contributed by atoms with Gasteiger partial charge < -0.3 is 10.1 Å². The van der Waals surface area contributed by atoms with E-state index >= 15 is 0 Å². The smallest absolute Gasteiger partial charge is 0.407 e. The summed E-state index contributed by atoms with van der Waals surface area (Å²) in [7, 11) is 0. The molecule has 0 saturated carbocycles. The number of aryl methyl sites for hydroxylation is 1. The largest absolute Gasteiger partial charge is 0.445 e. The number of nitrogens with one attached hydrogen (secondary N) is 1. The monoisotopic (exact) mass is 359 g/mol. The molecule has 2 aromatic rings. The Morgan fingerprint density at radius 3 is 2.73 bits per heavy atom. The first kappa shape index (κ1) is 16.3. The molecule has 0 aliphatic heterocycles. The molecular formula is C18H18BrNO2. The highest BCUT2D eigenvalue weighted by Crippen LogP contribution is 2.19. The van der Waals surface area contributed by atoms with Crippen molar-refractivity contribution in [2.45, 2.75) is 13.5 Å². The predicted molar refractivity (Wildman–Crippen MR) is 92.5 cm³/mol. The SMILES string of the molecule is Cc1ccc(C=CCNC(=O)OCc2ccccc2)c(Br)c1. The van der Waals surface area contributed by atoms with Crippen molar-refractivity contribution in [3.05, 3.63) is 75.8 Å².